The van der Waals surface area contributed by atoms with Gasteiger partial charge in [0.25, 0.3) is 11.8 Å². The molecule has 150 valence electrons. The number of aromatic nitrogens is 4. The van der Waals surface area contributed by atoms with Crippen LogP contribution in [-0.2, 0) is 4.74 Å². The molecule has 8 nitrogen and oxygen atoms in total. The molecule has 0 radical (unpaired) electrons. The van der Waals surface area contributed by atoms with Gasteiger partial charge in [0.05, 0.1) is 11.7 Å². The Morgan fingerprint density at radius 3 is 2.97 bits per heavy atom. The van der Waals surface area contributed by atoms with Gasteiger partial charge < -0.3 is 14.6 Å². The van der Waals surface area contributed by atoms with E-state index in [1.165, 1.54) is 0 Å². The Kier molecular flexibility index (Phi) is 5.53. The average molecular weight is 393 g/mol. The maximum atomic E-state index is 12.2. The second-order valence-corrected chi connectivity index (χ2v) is 6.96. The van der Waals surface area contributed by atoms with Crippen molar-refractivity contribution in [1.82, 2.24) is 25.2 Å². The largest absolute Gasteiger partial charge is 0.381 e. The zero-order valence-corrected chi connectivity index (χ0v) is 16.3. The van der Waals surface area contributed by atoms with Crippen LogP contribution in [0.5, 0.6) is 0 Å². The van der Waals surface area contributed by atoms with E-state index in [4.69, 9.17) is 9.26 Å². The molecule has 0 saturated carbocycles. The summed E-state index contributed by atoms with van der Waals surface area (Å²) in [4.78, 5) is 16.8. The Morgan fingerprint density at radius 2 is 2.17 bits per heavy atom. The predicted octanol–water partition coefficient (Wildman–Crippen LogP) is 3.18. The summed E-state index contributed by atoms with van der Waals surface area (Å²) >= 11 is 0. The van der Waals surface area contributed by atoms with Crippen molar-refractivity contribution in [2.24, 2.45) is 0 Å². The first-order valence-electron chi connectivity index (χ1n) is 9.63. The van der Waals surface area contributed by atoms with E-state index in [1.807, 2.05) is 23.7 Å². The lowest BCUT2D eigenvalue weighted by molar-refractivity contribution is 0.0665. The predicted molar refractivity (Wildman–Crippen MR) is 107 cm³/mol. The van der Waals surface area contributed by atoms with Gasteiger partial charge in [-0.2, -0.15) is 10.1 Å². The Hall–Kier alpha value is -3.26. The number of hydrogen-bond donors (Lipinski definition) is 1. The quantitative estimate of drug-likeness (QED) is 0.647. The van der Waals surface area contributed by atoms with Crippen molar-refractivity contribution in [2.45, 2.75) is 25.8 Å². The van der Waals surface area contributed by atoms with E-state index in [-0.39, 0.29) is 11.9 Å². The highest BCUT2D eigenvalue weighted by Crippen LogP contribution is 2.29. The van der Waals surface area contributed by atoms with Gasteiger partial charge in [0.15, 0.2) is 0 Å². The molecule has 1 saturated heterocycles. The Bertz CT molecular complexity index is 1020. The van der Waals surface area contributed by atoms with Gasteiger partial charge in [-0.05, 0) is 38.0 Å². The summed E-state index contributed by atoms with van der Waals surface area (Å²) < 4.78 is 13.0. The highest BCUT2D eigenvalue weighted by Gasteiger charge is 2.23. The molecule has 0 atom stereocenters. The zero-order valence-electron chi connectivity index (χ0n) is 16.3. The lowest BCUT2D eigenvalue weighted by Gasteiger charge is -2.23. The van der Waals surface area contributed by atoms with Crippen LogP contribution in [0.1, 0.15) is 34.9 Å². The monoisotopic (exact) mass is 393 g/mol. The molecule has 1 aromatic carbocycles. The molecule has 8 heteroatoms. The lowest BCUT2D eigenvalue weighted by atomic mass is 10.1. The van der Waals surface area contributed by atoms with Gasteiger partial charge in [-0.15, -0.1) is 6.58 Å². The standard InChI is InChI=1S/C21H23N5O3/c1-3-9-22-20(27)16-6-4-5-15(13-16)19-23-21(29-25-19)18-12-14(2)24-26(18)17-7-10-28-11-8-17/h3-6,12-13,17H,1,7-11H2,2H3,(H,22,27). The van der Waals surface area contributed by atoms with Crippen LogP contribution in [0.15, 0.2) is 47.5 Å². The van der Waals surface area contributed by atoms with Crippen LogP contribution in [0.4, 0.5) is 0 Å². The summed E-state index contributed by atoms with van der Waals surface area (Å²) in [7, 11) is 0. The molecule has 0 aliphatic carbocycles. The topological polar surface area (TPSA) is 95.1 Å². The Labute approximate surface area is 168 Å². The van der Waals surface area contributed by atoms with E-state index in [1.54, 1.807) is 24.3 Å². The smallest absolute Gasteiger partial charge is 0.276 e. The number of rotatable bonds is 6. The van der Waals surface area contributed by atoms with Gasteiger partial charge >= 0.3 is 0 Å². The minimum atomic E-state index is -0.177. The van der Waals surface area contributed by atoms with E-state index in [9.17, 15) is 4.79 Å². The van der Waals surface area contributed by atoms with Crippen molar-refractivity contribution >= 4 is 5.91 Å². The molecule has 1 amide bonds. The van der Waals surface area contributed by atoms with E-state index >= 15 is 0 Å². The van der Waals surface area contributed by atoms with Crippen LogP contribution >= 0.6 is 0 Å². The van der Waals surface area contributed by atoms with Gasteiger partial charge in [0, 0.05) is 30.9 Å². The maximum absolute atomic E-state index is 12.2. The molecule has 1 N–H and O–H groups in total. The third kappa shape index (κ3) is 4.12. The molecular weight excluding hydrogens is 370 g/mol. The number of amides is 1. The van der Waals surface area contributed by atoms with Crippen LogP contribution in [0.25, 0.3) is 23.0 Å². The summed E-state index contributed by atoms with van der Waals surface area (Å²) in [6, 6.07) is 9.33. The number of carbonyl (C=O) groups excluding carboxylic acids is 1. The fourth-order valence-electron chi connectivity index (χ4n) is 3.40. The van der Waals surface area contributed by atoms with Gasteiger partial charge in [0.1, 0.15) is 5.69 Å². The van der Waals surface area contributed by atoms with Gasteiger partial charge in [-0.25, -0.2) is 0 Å². The second-order valence-electron chi connectivity index (χ2n) is 6.96. The van der Waals surface area contributed by atoms with E-state index in [0.29, 0.717) is 29.4 Å². The Balaban J connectivity index is 1.61. The summed E-state index contributed by atoms with van der Waals surface area (Å²) in [5.74, 6) is 0.660. The van der Waals surface area contributed by atoms with Gasteiger partial charge in [-0.3, -0.25) is 9.48 Å². The van der Waals surface area contributed by atoms with E-state index in [0.717, 1.165) is 37.4 Å². The van der Waals surface area contributed by atoms with Crippen LogP contribution in [0.3, 0.4) is 0 Å². The van der Waals surface area contributed by atoms with Crippen LogP contribution < -0.4 is 5.32 Å². The van der Waals surface area contributed by atoms with Crippen molar-refractivity contribution in [3.63, 3.8) is 0 Å². The lowest BCUT2D eigenvalue weighted by Crippen LogP contribution is -2.23. The van der Waals surface area contributed by atoms with Gasteiger partial charge in [-0.1, -0.05) is 23.4 Å². The first-order chi connectivity index (χ1) is 14.2. The molecule has 29 heavy (non-hydrogen) atoms. The summed E-state index contributed by atoms with van der Waals surface area (Å²) in [6.45, 7) is 7.40. The molecule has 0 spiro atoms. The van der Waals surface area contributed by atoms with Crippen LogP contribution in [0.2, 0.25) is 0 Å². The summed E-state index contributed by atoms with van der Waals surface area (Å²) in [5.41, 5.74) is 2.93. The maximum Gasteiger partial charge on any atom is 0.276 e. The minimum Gasteiger partial charge on any atom is -0.381 e. The van der Waals surface area contributed by atoms with Crippen LogP contribution in [0, 0.1) is 6.92 Å². The van der Waals surface area contributed by atoms with Crippen molar-refractivity contribution in [3.8, 4) is 23.0 Å². The first-order valence-corrected chi connectivity index (χ1v) is 9.63. The number of benzene rings is 1. The molecule has 3 aromatic rings. The molecule has 1 fully saturated rings. The molecule has 1 aliphatic heterocycles. The molecule has 1 aliphatic rings. The molecule has 4 rings (SSSR count). The van der Waals surface area contributed by atoms with Crippen molar-refractivity contribution < 1.29 is 14.1 Å². The zero-order chi connectivity index (χ0) is 20.2. The van der Waals surface area contributed by atoms with Crippen LogP contribution in [-0.4, -0.2) is 45.6 Å². The average Bonchev–Trinajstić information content (AvgIpc) is 3.39. The first kappa shape index (κ1) is 19.1. The second kappa shape index (κ2) is 8.40. The third-order valence-corrected chi connectivity index (χ3v) is 4.83. The number of nitrogens with one attached hydrogen (secondary N) is 1. The number of carbonyl (C=O) groups is 1. The number of hydrogen-bond acceptors (Lipinski definition) is 6. The summed E-state index contributed by atoms with van der Waals surface area (Å²) in [6.07, 6.45) is 3.44. The molecule has 0 unspecified atom stereocenters. The number of ether oxygens (including phenoxy) is 1. The van der Waals surface area contributed by atoms with Crippen molar-refractivity contribution in [3.05, 3.63) is 54.2 Å². The summed E-state index contributed by atoms with van der Waals surface area (Å²) in [5, 5.41) is 11.5. The normalized spacial score (nSPS) is 14.7. The fourth-order valence-corrected chi connectivity index (χ4v) is 3.40. The van der Waals surface area contributed by atoms with E-state index < -0.39 is 0 Å². The number of nitrogens with zero attached hydrogens (tertiary/aromatic N) is 4. The Morgan fingerprint density at radius 1 is 1.34 bits per heavy atom. The third-order valence-electron chi connectivity index (χ3n) is 4.83. The highest BCUT2D eigenvalue weighted by molar-refractivity contribution is 5.95. The minimum absolute atomic E-state index is 0.177. The van der Waals surface area contributed by atoms with Gasteiger partial charge in [0.2, 0.25) is 5.82 Å². The molecule has 3 heterocycles. The molecule has 2 aromatic heterocycles. The van der Waals surface area contributed by atoms with Crippen molar-refractivity contribution in [1.29, 1.82) is 0 Å². The highest BCUT2D eigenvalue weighted by atomic mass is 16.5. The fraction of sp³-hybridized carbons (Fsp3) is 0.333. The number of aryl methyl sites for hydroxylation is 1. The SMILES string of the molecule is C=CCNC(=O)c1cccc(-c2noc(-c3cc(C)nn3C3CCOCC3)n2)c1. The van der Waals surface area contributed by atoms with E-state index in [2.05, 4.69) is 27.1 Å². The molecular formula is C21H23N5O3. The molecule has 0 bridgehead atoms. The van der Waals surface area contributed by atoms with Crippen molar-refractivity contribution in [2.75, 3.05) is 19.8 Å².